The van der Waals surface area contributed by atoms with Crippen LogP contribution in [0.15, 0.2) is 66.9 Å². The van der Waals surface area contributed by atoms with Gasteiger partial charge in [0.2, 0.25) is 0 Å². The van der Waals surface area contributed by atoms with Crippen molar-refractivity contribution in [2.24, 2.45) is 0 Å². The van der Waals surface area contributed by atoms with Crippen molar-refractivity contribution in [2.45, 2.75) is 18.9 Å². The topological polar surface area (TPSA) is 59.4 Å². The Kier molecular flexibility index (Phi) is 5.91. The number of methoxy groups -OCH3 is 1. The van der Waals surface area contributed by atoms with Crippen LogP contribution in [0.2, 0.25) is 0 Å². The lowest BCUT2D eigenvalue weighted by atomic mass is 10.0. The summed E-state index contributed by atoms with van der Waals surface area (Å²) in [5.74, 6) is 0.686. The first-order valence-electron chi connectivity index (χ1n) is 10.0. The monoisotopic (exact) mass is 390 g/mol. The van der Waals surface area contributed by atoms with E-state index < -0.39 is 0 Å². The van der Waals surface area contributed by atoms with Gasteiger partial charge in [0.25, 0.3) is 5.91 Å². The van der Waals surface area contributed by atoms with E-state index in [9.17, 15) is 4.79 Å². The van der Waals surface area contributed by atoms with Gasteiger partial charge in [0.05, 0.1) is 18.8 Å². The van der Waals surface area contributed by atoms with Crippen LogP contribution in [0.1, 0.15) is 34.9 Å². The summed E-state index contributed by atoms with van der Waals surface area (Å²) < 4.78 is 7.29. The number of likely N-dealkylation sites (tertiary alicyclic amines) is 1. The van der Waals surface area contributed by atoms with Gasteiger partial charge < -0.3 is 10.1 Å². The minimum Gasteiger partial charge on any atom is -0.496 e. The van der Waals surface area contributed by atoms with Gasteiger partial charge in [-0.25, -0.2) is 4.68 Å². The Balaban J connectivity index is 1.49. The molecule has 1 saturated heterocycles. The third kappa shape index (κ3) is 4.32. The van der Waals surface area contributed by atoms with E-state index in [1.165, 1.54) is 12.8 Å². The predicted molar refractivity (Wildman–Crippen MR) is 112 cm³/mol. The number of carbonyl (C=O) groups is 1. The molecule has 0 saturated carbocycles. The molecule has 6 nitrogen and oxygen atoms in total. The van der Waals surface area contributed by atoms with E-state index in [1.807, 2.05) is 54.7 Å². The first kappa shape index (κ1) is 19.2. The van der Waals surface area contributed by atoms with Gasteiger partial charge >= 0.3 is 0 Å². The molecule has 1 aliphatic rings. The Morgan fingerprint density at radius 2 is 1.79 bits per heavy atom. The number of aromatic nitrogens is 2. The normalized spacial score (nSPS) is 15.2. The Bertz CT molecular complexity index is 948. The number of nitrogens with one attached hydrogen (secondary N) is 1. The average Bonchev–Trinajstić information content (AvgIpc) is 3.47. The van der Waals surface area contributed by atoms with Crippen molar-refractivity contribution < 1.29 is 9.53 Å². The Morgan fingerprint density at radius 3 is 2.55 bits per heavy atom. The predicted octanol–water partition coefficient (Wildman–Crippen LogP) is 3.45. The van der Waals surface area contributed by atoms with Crippen molar-refractivity contribution >= 4 is 5.91 Å². The molecule has 3 aromatic rings. The summed E-state index contributed by atoms with van der Waals surface area (Å²) in [6.45, 7) is 2.57. The van der Waals surface area contributed by atoms with Gasteiger partial charge in [-0.3, -0.25) is 9.69 Å². The lowest BCUT2D eigenvalue weighted by Gasteiger charge is -2.29. The molecule has 1 unspecified atom stereocenters. The SMILES string of the molecule is COc1ccccc1C(CNC(=O)c1ccn(-c2ccccc2)n1)N1CCCC1. The standard InChI is InChI=1S/C23H26N4O2/c1-29-22-12-6-5-11-19(22)21(26-14-7-8-15-26)17-24-23(28)20-13-16-27(25-20)18-9-3-2-4-10-18/h2-6,9-13,16,21H,7-8,14-15,17H2,1H3,(H,24,28). The first-order chi connectivity index (χ1) is 14.3. The molecule has 6 heteroatoms. The van der Waals surface area contributed by atoms with E-state index >= 15 is 0 Å². The number of nitrogens with zero attached hydrogens (tertiary/aromatic N) is 3. The van der Waals surface area contributed by atoms with Gasteiger partial charge in [0.1, 0.15) is 5.75 Å². The van der Waals surface area contributed by atoms with Crippen LogP contribution in [0.25, 0.3) is 5.69 Å². The minimum atomic E-state index is -0.168. The molecule has 0 spiro atoms. The maximum atomic E-state index is 12.8. The third-order valence-electron chi connectivity index (χ3n) is 5.38. The van der Waals surface area contributed by atoms with Crippen LogP contribution in [-0.4, -0.2) is 47.3 Å². The van der Waals surface area contributed by atoms with Crippen LogP contribution in [0, 0.1) is 0 Å². The molecule has 1 fully saturated rings. The van der Waals surface area contributed by atoms with E-state index in [4.69, 9.17) is 4.74 Å². The summed E-state index contributed by atoms with van der Waals surface area (Å²) in [4.78, 5) is 15.2. The molecule has 2 aromatic carbocycles. The Hall–Kier alpha value is -3.12. The summed E-state index contributed by atoms with van der Waals surface area (Å²) in [5, 5.41) is 7.51. The highest BCUT2D eigenvalue weighted by molar-refractivity contribution is 5.92. The Morgan fingerprint density at radius 1 is 1.07 bits per heavy atom. The highest BCUT2D eigenvalue weighted by atomic mass is 16.5. The quantitative estimate of drug-likeness (QED) is 0.671. The zero-order valence-corrected chi connectivity index (χ0v) is 16.6. The van der Waals surface area contributed by atoms with E-state index in [0.717, 1.165) is 30.1 Å². The van der Waals surface area contributed by atoms with Crippen molar-refractivity contribution in [1.29, 1.82) is 0 Å². The van der Waals surface area contributed by atoms with Gasteiger partial charge in [0.15, 0.2) is 5.69 Å². The molecular formula is C23H26N4O2. The zero-order valence-electron chi connectivity index (χ0n) is 16.6. The molecule has 0 radical (unpaired) electrons. The van der Waals surface area contributed by atoms with E-state index in [2.05, 4.69) is 21.4 Å². The van der Waals surface area contributed by atoms with Gasteiger partial charge in [-0.2, -0.15) is 5.10 Å². The number of hydrogen-bond acceptors (Lipinski definition) is 4. The lowest BCUT2D eigenvalue weighted by molar-refractivity contribution is 0.0932. The lowest BCUT2D eigenvalue weighted by Crippen LogP contribution is -2.37. The van der Waals surface area contributed by atoms with Gasteiger partial charge in [-0.1, -0.05) is 36.4 Å². The van der Waals surface area contributed by atoms with Crippen LogP contribution < -0.4 is 10.1 Å². The largest absolute Gasteiger partial charge is 0.496 e. The second-order valence-corrected chi connectivity index (χ2v) is 7.19. The number of benzene rings is 2. The second kappa shape index (κ2) is 8.92. The van der Waals surface area contributed by atoms with E-state index in [0.29, 0.717) is 12.2 Å². The zero-order chi connectivity index (χ0) is 20.1. The average molecular weight is 390 g/mol. The second-order valence-electron chi connectivity index (χ2n) is 7.19. The molecule has 1 aromatic heterocycles. The van der Waals surface area contributed by atoms with Crippen molar-refractivity contribution in [3.63, 3.8) is 0 Å². The molecule has 4 rings (SSSR count). The van der Waals surface area contributed by atoms with Crippen molar-refractivity contribution in [3.05, 3.63) is 78.1 Å². The number of carbonyl (C=O) groups excluding carboxylic acids is 1. The molecule has 1 atom stereocenters. The first-order valence-corrected chi connectivity index (χ1v) is 10.0. The summed E-state index contributed by atoms with van der Waals surface area (Å²) in [7, 11) is 1.69. The third-order valence-corrected chi connectivity index (χ3v) is 5.38. The maximum Gasteiger partial charge on any atom is 0.271 e. The van der Waals surface area contributed by atoms with Gasteiger partial charge in [-0.15, -0.1) is 0 Å². The molecule has 29 heavy (non-hydrogen) atoms. The number of ether oxygens (including phenoxy) is 1. The molecule has 1 amide bonds. The highest BCUT2D eigenvalue weighted by Crippen LogP contribution is 2.31. The maximum absolute atomic E-state index is 12.8. The molecule has 0 aliphatic carbocycles. The van der Waals surface area contributed by atoms with Crippen LogP contribution in [-0.2, 0) is 0 Å². The van der Waals surface area contributed by atoms with Crippen LogP contribution in [0.4, 0.5) is 0 Å². The number of para-hydroxylation sites is 2. The summed E-state index contributed by atoms with van der Waals surface area (Å²) in [6.07, 6.45) is 4.17. The molecule has 1 aliphatic heterocycles. The number of hydrogen-bond donors (Lipinski definition) is 1. The van der Waals surface area contributed by atoms with Crippen LogP contribution >= 0.6 is 0 Å². The fourth-order valence-corrected chi connectivity index (χ4v) is 3.88. The Labute approximate surface area is 171 Å². The molecule has 150 valence electrons. The molecule has 0 bridgehead atoms. The molecule has 1 N–H and O–H groups in total. The van der Waals surface area contributed by atoms with Gasteiger partial charge in [-0.05, 0) is 50.2 Å². The van der Waals surface area contributed by atoms with E-state index in [-0.39, 0.29) is 11.9 Å². The summed E-state index contributed by atoms with van der Waals surface area (Å²) in [5.41, 5.74) is 2.44. The minimum absolute atomic E-state index is 0.0776. The number of amides is 1. The van der Waals surface area contributed by atoms with Crippen molar-refractivity contribution in [2.75, 3.05) is 26.7 Å². The smallest absolute Gasteiger partial charge is 0.271 e. The van der Waals surface area contributed by atoms with E-state index in [1.54, 1.807) is 17.9 Å². The fraction of sp³-hybridized carbons (Fsp3) is 0.304. The molecular weight excluding hydrogens is 364 g/mol. The number of rotatable bonds is 7. The van der Waals surface area contributed by atoms with Crippen LogP contribution in [0.5, 0.6) is 5.75 Å². The van der Waals surface area contributed by atoms with Crippen LogP contribution in [0.3, 0.4) is 0 Å². The van der Waals surface area contributed by atoms with Gasteiger partial charge in [0, 0.05) is 18.3 Å². The summed E-state index contributed by atoms with van der Waals surface area (Å²) >= 11 is 0. The van der Waals surface area contributed by atoms with Crippen molar-refractivity contribution in [3.8, 4) is 11.4 Å². The molecule has 2 heterocycles. The summed E-state index contributed by atoms with van der Waals surface area (Å²) in [6, 6.07) is 19.6. The van der Waals surface area contributed by atoms with Crippen molar-refractivity contribution in [1.82, 2.24) is 20.0 Å². The fourth-order valence-electron chi connectivity index (χ4n) is 3.88. The highest BCUT2D eigenvalue weighted by Gasteiger charge is 2.26.